The highest BCUT2D eigenvalue weighted by Gasteiger charge is 2.10. The summed E-state index contributed by atoms with van der Waals surface area (Å²) in [5.74, 6) is 0.159. The van der Waals surface area contributed by atoms with Crippen LogP contribution >= 0.6 is 0 Å². The first kappa shape index (κ1) is 24.2. The Morgan fingerprint density at radius 1 is 1.03 bits per heavy atom. The average molecular weight is 463 g/mol. The molecule has 34 heavy (non-hydrogen) atoms. The smallest absolute Gasteiger partial charge is 0.338 e. The molecular weight excluding hydrogens is 438 g/mol. The number of amides is 2. The number of hydrogen-bond donors (Lipinski definition) is 2. The van der Waals surface area contributed by atoms with Crippen LogP contribution in [0.15, 0.2) is 70.2 Å². The summed E-state index contributed by atoms with van der Waals surface area (Å²) in [6, 6.07) is 17.6. The number of furan rings is 1. The molecule has 2 amide bonds. The van der Waals surface area contributed by atoms with Gasteiger partial charge in [0.25, 0.3) is 11.8 Å². The van der Waals surface area contributed by atoms with Crippen molar-refractivity contribution in [3.63, 3.8) is 0 Å². The number of rotatable bonds is 10. The third kappa shape index (κ3) is 7.33. The van der Waals surface area contributed by atoms with Crippen LogP contribution in [-0.2, 0) is 14.3 Å². The quantitative estimate of drug-likeness (QED) is 0.271. The lowest BCUT2D eigenvalue weighted by Crippen LogP contribution is -2.37. The third-order valence-corrected chi connectivity index (χ3v) is 4.47. The Labute approximate surface area is 196 Å². The first-order valence-corrected chi connectivity index (χ1v) is 10.6. The molecule has 0 aliphatic heterocycles. The van der Waals surface area contributed by atoms with E-state index < -0.39 is 17.8 Å². The molecule has 0 atom stereocenters. The standard InChI is InChI=1S/C25H25N3O6/c1-3-32-25(31)19-8-5-7-18(13-19)22-11-10-21(34-22)14-27-28-23(29)15-26-24(30)16-33-20-9-4-6-17(2)12-20/h4-14H,3,15-16H2,1-2H3,(H,26,30)(H,28,29)/b27-14-. The second-order valence-electron chi connectivity index (χ2n) is 7.18. The van der Waals surface area contributed by atoms with Crippen LogP contribution in [0, 0.1) is 6.92 Å². The van der Waals surface area contributed by atoms with E-state index in [2.05, 4.69) is 15.8 Å². The summed E-state index contributed by atoms with van der Waals surface area (Å²) in [4.78, 5) is 35.6. The zero-order valence-electron chi connectivity index (χ0n) is 18.9. The van der Waals surface area contributed by atoms with Gasteiger partial charge in [0.05, 0.1) is 24.9 Å². The van der Waals surface area contributed by atoms with E-state index in [0.29, 0.717) is 35.0 Å². The van der Waals surface area contributed by atoms with Crippen molar-refractivity contribution in [3.05, 3.63) is 77.6 Å². The molecule has 1 heterocycles. The van der Waals surface area contributed by atoms with E-state index in [1.165, 1.54) is 6.21 Å². The van der Waals surface area contributed by atoms with E-state index in [9.17, 15) is 14.4 Å². The van der Waals surface area contributed by atoms with Crippen LogP contribution in [0.3, 0.4) is 0 Å². The highest BCUT2D eigenvalue weighted by atomic mass is 16.5. The summed E-state index contributed by atoms with van der Waals surface area (Å²) < 4.78 is 16.1. The molecule has 2 aromatic carbocycles. The molecule has 0 saturated carbocycles. The van der Waals surface area contributed by atoms with Crippen molar-refractivity contribution in [1.82, 2.24) is 10.7 Å². The van der Waals surface area contributed by atoms with Crippen LogP contribution in [0.5, 0.6) is 5.75 Å². The van der Waals surface area contributed by atoms with Crippen molar-refractivity contribution in [3.8, 4) is 17.1 Å². The summed E-state index contributed by atoms with van der Waals surface area (Å²) in [5.41, 5.74) is 4.45. The van der Waals surface area contributed by atoms with Gasteiger partial charge in [0.15, 0.2) is 6.61 Å². The molecule has 3 aromatic rings. The number of hydrazone groups is 1. The number of aryl methyl sites for hydroxylation is 1. The van der Waals surface area contributed by atoms with Gasteiger partial charge in [-0.1, -0.05) is 24.3 Å². The van der Waals surface area contributed by atoms with Gasteiger partial charge in [0.2, 0.25) is 0 Å². The predicted molar refractivity (Wildman–Crippen MR) is 126 cm³/mol. The molecule has 0 spiro atoms. The highest BCUT2D eigenvalue weighted by molar-refractivity contribution is 5.91. The lowest BCUT2D eigenvalue weighted by molar-refractivity contribution is -0.127. The number of nitrogens with one attached hydrogen (secondary N) is 2. The zero-order chi connectivity index (χ0) is 24.3. The minimum absolute atomic E-state index is 0.202. The van der Waals surface area contributed by atoms with Crippen LogP contribution in [0.4, 0.5) is 0 Å². The van der Waals surface area contributed by atoms with Gasteiger partial charge in [-0.2, -0.15) is 5.10 Å². The molecule has 0 unspecified atom stereocenters. The molecule has 0 aliphatic carbocycles. The van der Waals surface area contributed by atoms with Crippen molar-refractivity contribution in [1.29, 1.82) is 0 Å². The number of carbonyl (C=O) groups is 3. The Morgan fingerprint density at radius 3 is 2.65 bits per heavy atom. The second-order valence-corrected chi connectivity index (χ2v) is 7.18. The number of benzene rings is 2. The summed E-state index contributed by atoms with van der Waals surface area (Å²) >= 11 is 0. The van der Waals surface area contributed by atoms with Crippen LogP contribution in [0.2, 0.25) is 0 Å². The number of hydrogen-bond acceptors (Lipinski definition) is 7. The molecule has 0 aliphatic rings. The third-order valence-electron chi connectivity index (χ3n) is 4.47. The molecule has 176 valence electrons. The fraction of sp³-hybridized carbons (Fsp3) is 0.200. The molecule has 0 bridgehead atoms. The zero-order valence-corrected chi connectivity index (χ0v) is 18.9. The average Bonchev–Trinajstić information content (AvgIpc) is 3.31. The van der Waals surface area contributed by atoms with E-state index in [1.807, 2.05) is 25.1 Å². The Hall–Kier alpha value is -4.40. The Bertz CT molecular complexity index is 1180. The Morgan fingerprint density at radius 2 is 1.85 bits per heavy atom. The number of ether oxygens (including phenoxy) is 2. The van der Waals surface area contributed by atoms with Gasteiger partial charge in [-0.15, -0.1) is 0 Å². The van der Waals surface area contributed by atoms with Crippen LogP contribution in [-0.4, -0.2) is 43.8 Å². The largest absolute Gasteiger partial charge is 0.484 e. The molecule has 1 aromatic heterocycles. The number of esters is 1. The van der Waals surface area contributed by atoms with Gasteiger partial charge in [0.1, 0.15) is 17.3 Å². The maximum atomic E-state index is 11.9. The van der Waals surface area contributed by atoms with Crippen molar-refractivity contribution in [2.75, 3.05) is 19.8 Å². The van der Waals surface area contributed by atoms with Crippen molar-refractivity contribution in [2.24, 2.45) is 5.10 Å². The van der Waals surface area contributed by atoms with Gasteiger partial charge in [-0.25, -0.2) is 10.2 Å². The molecule has 9 heteroatoms. The summed E-state index contributed by atoms with van der Waals surface area (Å²) in [6.45, 7) is 3.50. The molecular formula is C25H25N3O6. The maximum absolute atomic E-state index is 11.9. The van der Waals surface area contributed by atoms with Crippen molar-refractivity contribution >= 4 is 24.0 Å². The van der Waals surface area contributed by atoms with Crippen LogP contribution < -0.4 is 15.5 Å². The lowest BCUT2D eigenvalue weighted by atomic mass is 10.1. The first-order valence-electron chi connectivity index (χ1n) is 10.6. The van der Waals surface area contributed by atoms with Gasteiger partial charge in [-0.05, 0) is 55.8 Å². The molecule has 2 N–H and O–H groups in total. The molecule has 0 saturated heterocycles. The van der Waals surface area contributed by atoms with Crippen molar-refractivity contribution < 1.29 is 28.3 Å². The van der Waals surface area contributed by atoms with E-state index in [-0.39, 0.29) is 13.2 Å². The van der Waals surface area contributed by atoms with E-state index >= 15 is 0 Å². The number of nitrogens with zero attached hydrogens (tertiary/aromatic N) is 1. The highest BCUT2D eigenvalue weighted by Crippen LogP contribution is 2.23. The van der Waals surface area contributed by atoms with Gasteiger partial charge in [-0.3, -0.25) is 9.59 Å². The molecule has 3 rings (SSSR count). The number of carbonyl (C=O) groups excluding carboxylic acids is 3. The molecule has 0 radical (unpaired) electrons. The van der Waals surface area contributed by atoms with E-state index in [4.69, 9.17) is 13.9 Å². The summed E-state index contributed by atoms with van der Waals surface area (Å²) in [5, 5.41) is 6.28. The van der Waals surface area contributed by atoms with Gasteiger partial charge >= 0.3 is 5.97 Å². The molecule has 0 fully saturated rings. The maximum Gasteiger partial charge on any atom is 0.338 e. The van der Waals surface area contributed by atoms with E-state index in [1.54, 1.807) is 49.4 Å². The van der Waals surface area contributed by atoms with Crippen LogP contribution in [0.25, 0.3) is 11.3 Å². The Balaban J connectivity index is 1.44. The first-order chi connectivity index (χ1) is 16.4. The Kier molecular flexibility index (Phi) is 8.56. The second kappa shape index (κ2) is 12.0. The van der Waals surface area contributed by atoms with Crippen molar-refractivity contribution in [2.45, 2.75) is 13.8 Å². The molecule has 9 nitrogen and oxygen atoms in total. The SMILES string of the molecule is CCOC(=O)c1cccc(-c2ccc(/C=N\NC(=O)CNC(=O)COc3cccc(C)c3)o2)c1. The fourth-order valence-electron chi connectivity index (χ4n) is 2.88. The van der Waals surface area contributed by atoms with Gasteiger partial charge in [0, 0.05) is 5.56 Å². The normalized spacial score (nSPS) is 10.6. The summed E-state index contributed by atoms with van der Waals surface area (Å²) in [6.07, 6.45) is 1.33. The lowest BCUT2D eigenvalue weighted by Gasteiger charge is -2.07. The predicted octanol–water partition coefficient (Wildman–Crippen LogP) is 3.08. The summed E-state index contributed by atoms with van der Waals surface area (Å²) in [7, 11) is 0. The monoisotopic (exact) mass is 463 g/mol. The van der Waals surface area contributed by atoms with E-state index in [0.717, 1.165) is 5.56 Å². The topological polar surface area (TPSA) is 119 Å². The van der Waals surface area contributed by atoms with Crippen LogP contribution in [0.1, 0.15) is 28.6 Å². The minimum Gasteiger partial charge on any atom is -0.484 e. The van der Waals surface area contributed by atoms with Gasteiger partial charge < -0.3 is 19.2 Å². The minimum atomic E-state index is -0.505. The fourth-order valence-corrected chi connectivity index (χ4v) is 2.88.